The maximum Gasteiger partial charge on any atom is 0.338 e. The molecule has 0 saturated carbocycles. The number of esters is 2. The molecule has 87 heavy (non-hydrogen) atoms. The normalized spacial score (nSPS) is 11.6. The molecule has 0 fully saturated rings. The predicted octanol–water partition coefficient (Wildman–Crippen LogP) is 15.0. The fourth-order valence-electron chi connectivity index (χ4n) is 10.3. The number of nitro groups is 2. The number of ether oxygens (including phenoxy) is 2. The van der Waals surface area contributed by atoms with Gasteiger partial charge in [-0.1, -0.05) is 97.1 Å². The number of carboxylic acids is 1. The van der Waals surface area contributed by atoms with Crippen molar-refractivity contribution in [3.63, 3.8) is 0 Å². The SMILES string of the molecule is CCOC(=O)c1ccc(-c2ccccc2Cn2c(C)c(C)c3cc(C(=O)N[C@@H](C)c4ccc([N+](=O)[O-])cc4)ccc32)cc1.CCOC(=O)c1ccc(-c2ccccc2Cn2c(C)c(C)c3cc(C(=O)O)ccc32)cc1.C[C@H](N)c1ccc([N+](=O)[O-])cc1. The molecule has 0 aliphatic heterocycles. The van der Waals surface area contributed by atoms with E-state index >= 15 is 0 Å². The van der Waals surface area contributed by atoms with Gasteiger partial charge < -0.3 is 34.8 Å². The second kappa shape index (κ2) is 27.9. The van der Waals surface area contributed by atoms with Crippen molar-refractivity contribution in [3.8, 4) is 22.3 Å². The lowest BCUT2D eigenvalue weighted by molar-refractivity contribution is -0.385. The van der Waals surface area contributed by atoms with Crippen molar-refractivity contribution >= 4 is 57.0 Å². The number of benzene rings is 8. The van der Waals surface area contributed by atoms with Gasteiger partial charge in [-0.05, 0) is 172 Å². The highest BCUT2D eigenvalue weighted by molar-refractivity contribution is 6.00. The minimum absolute atomic E-state index is 0.0117. The fourth-order valence-corrected chi connectivity index (χ4v) is 10.3. The number of nitrogens with zero attached hydrogens (tertiary/aromatic N) is 4. The zero-order valence-electron chi connectivity index (χ0n) is 49.7. The molecule has 0 aliphatic carbocycles. The zero-order chi connectivity index (χ0) is 62.6. The number of fused-ring (bicyclic) bond motifs is 2. The smallest absolute Gasteiger partial charge is 0.338 e. The van der Waals surface area contributed by atoms with E-state index in [0.29, 0.717) is 48.6 Å². The van der Waals surface area contributed by atoms with Gasteiger partial charge in [-0.15, -0.1) is 0 Å². The van der Waals surface area contributed by atoms with Gasteiger partial charge in [0.1, 0.15) is 0 Å². The third-order valence-corrected chi connectivity index (χ3v) is 15.5. The summed E-state index contributed by atoms with van der Waals surface area (Å²) in [5.74, 6) is -1.79. The van der Waals surface area contributed by atoms with Crippen molar-refractivity contribution in [1.82, 2.24) is 14.5 Å². The standard InChI is InChI=1S/C35H33N3O5.C27H25NO4.C8H10N2O2/c1-5-43-35(40)27-12-10-26(11-13-27)31-9-7-6-8-29(31)21-37-24(4)22(2)32-20-28(16-19-33(32)37)34(39)36-23(3)25-14-17-30(18-15-25)38(41)42;1-4-32-27(31)20-11-9-19(10-12-20)23-8-6-5-7-22(23)16-28-18(3)17(2)24-15-21(26(29)30)13-14-25(24)28;1-6(9)7-2-4-8(5-3-7)10(11)12/h6-20,23H,5,21H2,1-4H3,(H,36,39);5-15H,4,16H2,1-3H3,(H,29,30);2-6H,9H2,1H3/t23-;;6-/m0.0/s1. The first-order chi connectivity index (χ1) is 41.7. The van der Waals surface area contributed by atoms with Crippen LogP contribution in [0.5, 0.6) is 0 Å². The van der Waals surface area contributed by atoms with Crippen LogP contribution in [-0.2, 0) is 22.6 Å². The van der Waals surface area contributed by atoms with Gasteiger partial charge in [0.15, 0.2) is 0 Å². The number of hydrogen-bond acceptors (Lipinski definition) is 11. The Hall–Kier alpha value is -10.5. The highest BCUT2D eigenvalue weighted by Crippen LogP contribution is 2.33. The highest BCUT2D eigenvalue weighted by Gasteiger charge is 2.20. The first-order valence-electron chi connectivity index (χ1n) is 28.4. The molecule has 17 heteroatoms. The van der Waals surface area contributed by atoms with E-state index in [0.717, 1.165) is 88.8 Å². The van der Waals surface area contributed by atoms with Crippen LogP contribution in [0.1, 0.15) is 126 Å². The topological polar surface area (TPSA) is 241 Å². The summed E-state index contributed by atoms with van der Waals surface area (Å²) in [5, 5.41) is 35.5. The Morgan fingerprint density at radius 3 is 1.30 bits per heavy atom. The fraction of sp³-hybridized carbons (Fsp3) is 0.200. The van der Waals surface area contributed by atoms with E-state index in [2.05, 4.69) is 59.5 Å². The Bertz CT molecular complexity index is 4170. The average Bonchev–Trinajstić information content (AvgIpc) is 1.73. The lowest BCUT2D eigenvalue weighted by Crippen LogP contribution is -2.26. The second-order valence-electron chi connectivity index (χ2n) is 21.0. The van der Waals surface area contributed by atoms with Gasteiger partial charge in [-0.25, -0.2) is 14.4 Å². The maximum atomic E-state index is 13.2. The minimum Gasteiger partial charge on any atom is -0.478 e. The van der Waals surface area contributed by atoms with Crippen molar-refractivity contribution in [2.75, 3.05) is 13.2 Å². The molecule has 10 aromatic rings. The molecular formula is C70H68N6O11. The first-order valence-corrected chi connectivity index (χ1v) is 28.4. The number of carboxylic acid groups (broad SMARTS) is 1. The summed E-state index contributed by atoms with van der Waals surface area (Å²) >= 11 is 0. The molecule has 2 heterocycles. The quantitative estimate of drug-likeness (QED) is 0.0438. The van der Waals surface area contributed by atoms with E-state index in [1.807, 2.05) is 93.6 Å². The third-order valence-electron chi connectivity index (χ3n) is 15.5. The summed E-state index contributed by atoms with van der Waals surface area (Å²) in [4.78, 5) is 69.0. The van der Waals surface area contributed by atoms with Crippen molar-refractivity contribution < 1.29 is 43.6 Å². The molecule has 4 N–H and O–H groups in total. The molecule has 1 amide bonds. The van der Waals surface area contributed by atoms with Crippen molar-refractivity contribution in [2.45, 2.75) is 80.6 Å². The monoisotopic (exact) mass is 1170 g/mol. The number of nitro benzene ring substituents is 2. The number of carbonyl (C=O) groups excluding carboxylic acids is 3. The molecule has 10 rings (SSSR count). The summed E-state index contributed by atoms with van der Waals surface area (Å²) in [6.07, 6.45) is 0. The number of amides is 1. The van der Waals surface area contributed by atoms with Crippen molar-refractivity contribution in [3.05, 3.63) is 269 Å². The largest absolute Gasteiger partial charge is 0.478 e. The Balaban J connectivity index is 0.000000195. The van der Waals surface area contributed by atoms with Gasteiger partial charge in [-0.3, -0.25) is 25.0 Å². The number of hydrogen-bond donors (Lipinski definition) is 3. The Morgan fingerprint density at radius 2 is 0.908 bits per heavy atom. The molecule has 2 atom stereocenters. The van der Waals surface area contributed by atoms with Crippen LogP contribution in [0.3, 0.4) is 0 Å². The Morgan fingerprint density at radius 1 is 0.529 bits per heavy atom. The molecule has 0 spiro atoms. The van der Waals surface area contributed by atoms with E-state index in [-0.39, 0.29) is 41.3 Å². The summed E-state index contributed by atoms with van der Waals surface area (Å²) in [6.45, 7) is 17.5. The molecule has 444 valence electrons. The van der Waals surface area contributed by atoms with Crippen LogP contribution < -0.4 is 11.1 Å². The predicted molar refractivity (Wildman–Crippen MR) is 338 cm³/mol. The van der Waals surface area contributed by atoms with Gasteiger partial charge in [0.25, 0.3) is 17.3 Å². The lowest BCUT2D eigenvalue weighted by Gasteiger charge is -2.15. The van der Waals surface area contributed by atoms with E-state index in [9.17, 15) is 44.5 Å². The zero-order valence-corrected chi connectivity index (χ0v) is 49.7. The number of rotatable bonds is 17. The summed E-state index contributed by atoms with van der Waals surface area (Å²) in [5.41, 5.74) is 22.2. The van der Waals surface area contributed by atoms with Crippen LogP contribution in [0.25, 0.3) is 44.1 Å². The summed E-state index contributed by atoms with van der Waals surface area (Å²) in [7, 11) is 0. The Kier molecular flexibility index (Phi) is 20.1. The Labute approximate surface area is 503 Å². The van der Waals surface area contributed by atoms with E-state index < -0.39 is 15.8 Å². The summed E-state index contributed by atoms with van der Waals surface area (Å²) < 4.78 is 14.7. The van der Waals surface area contributed by atoms with Crippen LogP contribution in [0.4, 0.5) is 11.4 Å². The van der Waals surface area contributed by atoms with Gasteiger partial charge in [0, 0.05) is 82.2 Å². The van der Waals surface area contributed by atoms with Crippen LogP contribution in [0.2, 0.25) is 0 Å². The van der Waals surface area contributed by atoms with E-state index in [4.69, 9.17) is 15.2 Å². The number of aromatic carboxylic acids is 1. The first kappa shape index (κ1) is 62.5. The molecule has 0 saturated heterocycles. The van der Waals surface area contributed by atoms with Gasteiger partial charge in [-0.2, -0.15) is 0 Å². The van der Waals surface area contributed by atoms with Gasteiger partial charge in [0.05, 0.1) is 45.8 Å². The third kappa shape index (κ3) is 14.5. The molecule has 0 unspecified atom stereocenters. The maximum absolute atomic E-state index is 13.2. The minimum atomic E-state index is -0.923. The number of aryl methyl sites for hydroxylation is 2. The molecule has 2 aromatic heterocycles. The van der Waals surface area contributed by atoms with Gasteiger partial charge in [0.2, 0.25) is 0 Å². The number of aromatic nitrogens is 2. The molecule has 0 bridgehead atoms. The number of nitrogens with one attached hydrogen (secondary N) is 1. The van der Waals surface area contributed by atoms with Crippen molar-refractivity contribution in [2.24, 2.45) is 5.73 Å². The number of nitrogens with two attached hydrogens (primary N) is 1. The van der Waals surface area contributed by atoms with Crippen LogP contribution >= 0.6 is 0 Å². The molecule has 0 aliphatic rings. The summed E-state index contributed by atoms with van der Waals surface area (Å²) in [6, 6.07) is 54.4. The molecular weight excluding hydrogens is 1100 g/mol. The number of non-ortho nitro benzene ring substituents is 2. The average molecular weight is 1170 g/mol. The van der Waals surface area contributed by atoms with E-state index in [1.165, 1.54) is 24.3 Å². The molecule has 8 aromatic carbocycles. The van der Waals surface area contributed by atoms with Crippen LogP contribution in [0.15, 0.2) is 182 Å². The second-order valence-corrected chi connectivity index (χ2v) is 21.0. The lowest BCUT2D eigenvalue weighted by atomic mass is 9.98. The molecule has 17 nitrogen and oxygen atoms in total. The van der Waals surface area contributed by atoms with Crippen LogP contribution in [0, 0.1) is 47.9 Å². The van der Waals surface area contributed by atoms with Gasteiger partial charge >= 0.3 is 17.9 Å². The van der Waals surface area contributed by atoms with Crippen LogP contribution in [-0.4, -0.2) is 61.1 Å². The molecule has 0 radical (unpaired) electrons. The van der Waals surface area contributed by atoms with E-state index in [1.54, 1.807) is 74.5 Å². The number of carbonyl (C=O) groups is 4. The van der Waals surface area contributed by atoms with Crippen molar-refractivity contribution in [1.29, 1.82) is 0 Å². The highest BCUT2D eigenvalue weighted by atomic mass is 16.6.